The van der Waals surface area contributed by atoms with Crippen molar-refractivity contribution in [3.05, 3.63) is 65.9 Å². The van der Waals surface area contributed by atoms with Gasteiger partial charge in [0, 0.05) is 42.9 Å². The minimum atomic E-state index is 0.136. The molecule has 0 saturated carbocycles. The second-order valence-corrected chi connectivity index (χ2v) is 8.24. The van der Waals surface area contributed by atoms with Crippen molar-refractivity contribution in [2.45, 2.75) is 33.1 Å². The summed E-state index contributed by atoms with van der Waals surface area (Å²) < 4.78 is 0. The minimum absolute atomic E-state index is 0.136. The monoisotopic (exact) mass is 375 g/mol. The van der Waals surface area contributed by atoms with Crippen LogP contribution in [0.5, 0.6) is 0 Å². The number of hydrogen-bond donors (Lipinski definition) is 2. The number of anilines is 5. The lowest BCUT2D eigenvalue weighted by atomic mass is 9.87. The molecule has 28 heavy (non-hydrogen) atoms. The van der Waals surface area contributed by atoms with E-state index >= 15 is 0 Å². The molecule has 3 aromatic rings. The summed E-state index contributed by atoms with van der Waals surface area (Å²) in [6.45, 7) is 8.60. The normalized spacial score (nSPS) is 11.2. The van der Waals surface area contributed by atoms with Crippen molar-refractivity contribution >= 4 is 28.8 Å². The first kappa shape index (κ1) is 19.7. The summed E-state index contributed by atoms with van der Waals surface area (Å²) in [5.41, 5.74) is 5.45. The van der Waals surface area contributed by atoms with Crippen LogP contribution in [0.15, 0.2) is 54.6 Å². The van der Waals surface area contributed by atoms with Gasteiger partial charge in [0.25, 0.3) is 0 Å². The van der Waals surface area contributed by atoms with Crippen LogP contribution in [0.25, 0.3) is 0 Å². The molecule has 0 amide bonds. The molecule has 3 rings (SSSR count). The summed E-state index contributed by atoms with van der Waals surface area (Å²) in [4.78, 5) is 11.2. The number of benzene rings is 2. The molecule has 0 radical (unpaired) electrons. The van der Waals surface area contributed by atoms with Crippen molar-refractivity contribution in [3.8, 4) is 0 Å². The van der Waals surface area contributed by atoms with E-state index < -0.39 is 0 Å². The van der Waals surface area contributed by atoms with E-state index in [2.05, 4.69) is 82.7 Å². The lowest BCUT2D eigenvalue weighted by Gasteiger charge is -2.19. The molecule has 0 fully saturated rings. The average Bonchev–Trinajstić information content (AvgIpc) is 2.61. The third kappa shape index (κ3) is 5.00. The Balaban J connectivity index is 1.76. The molecule has 0 saturated heterocycles. The van der Waals surface area contributed by atoms with E-state index in [4.69, 9.17) is 0 Å². The summed E-state index contributed by atoms with van der Waals surface area (Å²) in [6, 6.07) is 18.6. The first-order chi connectivity index (χ1) is 13.2. The zero-order chi connectivity index (χ0) is 20.3. The highest BCUT2D eigenvalue weighted by molar-refractivity contribution is 5.62. The fourth-order valence-corrected chi connectivity index (χ4v) is 2.86. The second-order valence-electron chi connectivity index (χ2n) is 8.24. The van der Waals surface area contributed by atoms with E-state index in [0.717, 1.165) is 28.6 Å². The Morgan fingerprint density at radius 3 is 1.93 bits per heavy atom. The SMILES string of the molecule is Cc1cc(Nc2ccc(N(C)C)cc2)nc(Nc2ccc(C(C)(C)C)cc2)n1. The summed E-state index contributed by atoms with van der Waals surface area (Å²) in [6.07, 6.45) is 0. The van der Waals surface area contributed by atoms with Gasteiger partial charge < -0.3 is 15.5 Å². The van der Waals surface area contributed by atoms with Crippen LogP contribution in [-0.2, 0) is 5.41 Å². The summed E-state index contributed by atoms with van der Waals surface area (Å²) in [5, 5.41) is 6.66. The van der Waals surface area contributed by atoms with E-state index in [9.17, 15) is 0 Å². The van der Waals surface area contributed by atoms with Crippen LogP contribution in [0.1, 0.15) is 32.0 Å². The number of rotatable bonds is 5. The maximum atomic E-state index is 4.61. The number of nitrogens with zero attached hydrogens (tertiary/aromatic N) is 3. The Hall–Kier alpha value is -3.08. The minimum Gasteiger partial charge on any atom is -0.378 e. The lowest BCUT2D eigenvalue weighted by molar-refractivity contribution is 0.590. The van der Waals surface area contributed by atoms with Gasteiger partial charge in [-0.15, -0.1) is 0 Å². The van der Waals surface area contributed by atoms with Gasteiger partial charge in [0.05, 0.1) is 0 Å². The molecule has 0 aliphatic rings. The van der Waals surface area contributed by atoms with Crippen LogP contribution < -0.4 is 15.5 Å². The van der Waals surface area contributed by atoms with Gasteiger partial charge in [0.2, 0.25) is 5.95 Å². The highest BCUT2D eigenvalue weighted by Crippen LogP contribution is 2.25. The van der Waals surface area contributed by atoms with Gasteiger partial charge in [-0.25, -0.2) is 4.98 Å². The molecule has 0 aliphatic carbocycles. The Kier molecular flexibility index (Phi) is 5.54. The smallest absolute Gasteiger partial charge is 0.229 e. The molecule has 0 atom stereocenters. The quantitative estimate of drug-likeness (QED) is 0.605. The maximum Gasteiger partial charge on any atom is 0.229 e. The van der Waals surface area contributed by atoms with Crippen molar-refractivity contribution in [3.63, 3.8) is 0 Å². The molecule has 0 bridgehead atoms. The van der Waals surface area contributed by atoms with Crippen molar-refractivity contribution < 1.29 is 0 Å². The zero-order valence-electron chi connectivity index (χ0n) is 17.5. The average molecular weight is 376 g/mol. The molecular weight excluding hydrogens is 346 g/mol. The fraction of sp³-hybridized carbons (Fsp3) is 0.304. The van der Waals surface area contributed by atoms with Gasteiger partial charge in [-0.1, -0.05) is 32.9 Å². The van der Waals surface area contributed by atoms with Crippen LogP contribution >= 0.6 is 0 Å². The van der Waals surface area contributed by atoms with E-state index in [1.165, 1.54) is 5.56 Å². The molecule has 2 aromatic carbocycles. The van der Waals surface area contributed by atoms with Crippen molar-refractivity contribution in [1.82, 2.24) is 9.97 Å². The van der Waals surface area contributed by atoms with Crippen LogP contribution in [0.3, 0.4) is 0 Å². The molecule has 1 aromatic heterocycles. The van der Waals surface area contributed by atoms with Crippen molar-refractivity contribution in [2.24, 2.45) is 0 Å². The van der Waals surface area contributed by atoms with Crippen LogP contribution in [0.4, 0.5) is 28.8 Å². The fourth-order valence-electron chi connectivity index (χ4n) is 2.86. The Morgan fingerprint density at radius 1 is 0.786 bits per heavy atom. The van der Waals surface area contributed by atoms with E-state index in [1.54, 1.807) is 0 Å². The largest absolute Gasteiger partial charge is 0.378 e. The predicted molar refractivity (Wildman–Crippen MR) is 119 cm³/mol. The summed E-state index contributed by atoms with van der Waals surface area (Å²) >= 11 is 0. The molecule has 0 unspecified atom stereocenters. The number of aryl methyl sites for hydroxylation is 1. The standard InChI is InChI=1S/C23H29N5/c1-16-15-21(25-18-11-13-20(14-12-18)28(5)6)27-22(24-16)26-19-9-7-17(8-10-19)23(2,3)4/h7-15H,1-6H3,(H2,24,25,26,27). The molecule has 0 aliphatic heterocycles. The van der Waals surface area contributed by atoms with Gasteiger partial charge >= 0.3 is 0 Å². The van der Waals surface area contributed by atoms with Gasteiger partial charge in [-0.2, -0.15) is 4.98 Å². The topological polar surface area (TPSA) is 53.1 Å². The molecule has 5 heteroatoms. The Morgan fingerprint density at radius 2 is 1.36 bits per heavy atom. The summed E-state index contributed by atoms with van der Waals surface area (Å²) in [7, 11) is 4.06. The Labute approximate surface area is 167 Å². The van der Waals surface area contributed by atoms with Crippen LogP contribution in [-0.4, -0.2) is 24.1 Å². The van der Waals surface area contributed by atoms with E-state index in [0.29, 0.717) is 5.95 Å². The van der Waals surface area contributed by atoms with Gasteiger partial charge in [0.1, 0.15) is 5.82 Å². The highest BCUT2D eigenvalue weighted by Gasteiger charge is 2.13. The molecular formula is C23H29N5. The summed E-state index contributed by atoms with van der Waals surface area (Å²) in [5.74, 6) is 1.34. The van der Waals surface area contributed by atoms with Gasteiger partial charge in [-0.05, 0) is 54.3 Å². The number of hydrogen-bond acceptors (Lipinski definition) is 5. The van der Waals surface area contributed by atoms with Crippen molar-refractivity contribution in [1.29, 1.82) is 0 Å². The zero-order valence-corrected chi connectivity index (χ0v) is 17.5. The first-order valence-electron chi connectivity index (χ1n) is 9.48. The molecule has 2 N–H and O–H groups in total. The van der Waals surface area contributed by atoms with Crippen LogP contribution in [0.2, 0.25) is 0 Å². The third-order valence-corrected chi connectivity index (χ3v) is 4.52. The maximum absolute atomic E-state index is 4.61. The second kappa shape index (κ2) is 7.89. The molecule has 0 spiro atoms. The molecule has 1 heterocycles. The molecule has 146 valence electrons. The highest BCUT2D eigenvalue weighted by atomic mass is 15.1. The van der Waals surface area contributed by atoms with Gasteiger partial charge in [-0.3, -0.25) is 0 Å². The number of aromatic nitrogens is 2. The molecule has 5 nitrogen and oxygen atoms in total. The Bertz CT molecular complexity index is 923. The van der Waals surface area contributed by atoms with E-state index in [1.807, 2.05) is 39.2 Å². The predicted octanol–water partition coefficient (Wildman–Crippen LogP) is 5.64. The first-order valence-corrected chi connectivity index (χ1v) is 9.48. The van der Waals surface area contributed by atoms with Crippen molar-refractivity contribution in [2.75, 3.05) is 29.6 Å². The van der Waals surface area contributed by atoms with E-state index in [-0.39, 0.29) is 5.41 Å². The van der Waals surface area contributed by atoms with Gasteiger partial charge in [0.15, 0.2) is 0 Å². The third-order valence-electron chi connectivity index (χ3n) is 4.52. The number of nitrogens with one attached hydrogen (secondary N) is 2. The van der Waals surface area contributed by atoms with Crippen LogP contribution in [0, 0.1) is 6.92 Å². The lowest BCUT2D eigenvalue weighted by Crippen LogP contribution is -2.10.